The van der Waals surface area contributed by atoms with Gasteiger partial charge in [0.15, 0.2) is 0 Å². The molecular formula is C28H30FN3O4S2. The summed E-state index contributed by atoms with van der Waals surface area (Å²) in [4.78, 5) is 26.0. The van der Waals surface area contributed by atoms with Crippen LogP contribution < -0.4 is 15.5 Å². The van der Waals surface area contributed by atoms with Crippen molar-refractivity contribution >= 4 is 43.2 Å². The third-order valence-electron chi connectivity index (χ3n) is 6.45. The van der Waals surface area contributed by atoms with Crippen LogP contribution in [0, 0.1) is 26.6 Å². The second-order valence-corrected chi connectivity index (χ2v) is 12.3. The lowest BCUT2D eigenvalue weighted by Gasteiger charge is -2.19. The lowest BCUT2D eigenvalue weighted by Crippen LogP contribution is -2.21. The fourth-order valence-corrected chi connectivity index (χ4v) is 6.15. The molecule has 38 heavy (non-hydrogen) atoms. The van der Waals surface area contributed by atoms with E-state index in [0.29, 0.717) is 45.0 Å². The number of anilines is 1. The number of amides is 1. The van der Waals surface area contributed by atoms with Gasteiger partial charge in [-0.25, -0.2) is 12.8 Å². The maximum atomic E-state index is 14.0. The van der Waals surface area contributed by atoms with Crippen LogP contribution >= 0.6 is 11.3 Å². The van der Waals surface area contributed by atoms with E-state index < -0.39 is 10.0 Å². The molecule has 2 N–H and O–H groups in total. The molecule has 0 saturated heterocycles. The maximum Gasteiger partial charge on any atom is 0.261 e. The highest BCUT2D eigenvalue weighted by Gasteiger charge is 2.19. The number of pyridine rings is 1. The second-order valence-electron chi connectivity index (χ2n) is 9.24. The van der Waals surface area contributed by atoms with Crippen LogP contribution in [0.3, 0.4) is 0 Å². The Labute approximate surface area is 225 Å². The van der Waals surface area contributed by atoms with Gasteiger partial charge in [0.25, 0.3) is 5.91 Å². The molecule has 0 aliphatic heterocycles. The first kappa shape index (κ1) is 27.5. The number of hydrogen-bond acceptors (Lipinski definition) is 5. The molecule has 0 saturated carbocycles. The summed E-state index contributed by atoms with van der Waals surface area (Å²) in [5.41, 5.74) is 5.32. The van der Waals surface area contributed by atoms with Gasteiger partial charge in [0, 0.05) is 24.7 Å². The molecule has 0 aliphatic rings. The Morgan fingerprint density at radius 2 is 1.71 bits per heavy atom. The van der Waals surface area contributed by atoms with Crippen molar-refractivity contribution in [3.05, 3.63) is 91.3 Å². The van der Waals surface area contributed by atoms with E-state index in [1.807, 2.05) is 31.4 Å². The maximum absolute atomic E-state index is 14.0. The number of aryl methyl sites for hydroxylation is 3. The van der Waals surface area contributed by atoms with Crippen molar-refractivity contribution in [3.8, 4) is 5.69 Å². The quantitative estimate of drug-likeness (QED) is 0.312. The molecular weight excluding hydrogens is 525 g/mol. The number of sulfonamides is 1. The van der Waals surface area contributed by atoms with E-state index in [1.54, 1.807) is 38.2 Å². The SMILES string of the molecule is CCNC(=O)c1cc2c(s1)c(=O)c(C)cn2-c1cc(NS(=O)(=O)CC)ccc1Cc1c(C)cc(F)cc1C. The number of carbonyl (C=O) groups is 1. The van der Waals surface area contributed by atoms with Crippen molar-refractivity contribution in [2.24, 2.45) is 0 Å². The Kier molecular flexibility index (Phi) is 7.75. The predicted molar refractivity (Wildman–Crippen MR) is 152 cm³/mol. The van der Waals surface area contributed by atoms with Crippen LogP contribution in [0.1, 0.15) is 51.3 Å². The van der Waals surface area contributed by atoms with Crippen molar-refractivity contribution < 1.29 is 17.6 Å². The summed E-state index contributed by atoms with van der Waals surface area (Å²) in [5, 5.41) is 2.77. The number of halogens is 1. The van der Waals surface area contributed by atoms with Crippen LogP contribution in [0.25, 0.3) is 15.9 Å². The monoisotopic (exact) mass is 555 g/mol. The van der Waals surface area contributed by atoms with Crippen molar-refractivity contribution in [1.82, 2.24) is 9.88 Å². The molecule has 0 unspecified atom stereocenters. The topological polar surface area (TPSA) is 97.3 Å². The minimum atomic E-state index is -3.53. The molecule has 2 aromatic heterocycles. The molecule has 0 spiro atoms. The van der Waals surface area contributed by atoms with E-state index in [1.165, 1.54) is 12.1 Å². The van der Waals surface area contributed by atoms with E-state index in [4.69, 9.17) is 0 Å². The van der Waals surface area contributed by atoms with Crippen LogP contribution in [0.15, 0.2) is 47.4 Å². The van der Waals surface area contributed by atoms with Gasteiger partial charge < -0.3 is 9.88 Å². The standard InChI is InChI=1S/C28H30FN3O4S2/c1-6-30-28(34)25-14-24-27(37-25)26(33)18(5)15-32(24)23-13-21(31-38(35,36)7-2)9-8-19(23)12-22-16(3)10-20(29)11-17(22)4/h8-11,13-15,31H,6-7,12H2,1-5H3,(H,30,34). The van der Waals surface area contributed by atoms with Gasteiger partial charge in [0.1, 0.15) is 5.82 Å². The Morgan fingerprint density at radius 1 is 1.03 bits per heavy atom. The Morgan fingerprint density at radius 3 is 2.34 bits per heavy atom. The summed E-state index contributed by atoms with van der Waals surface area (Å²) in [5.74, 6) is -0.651. The Bertz CT molecular complexity index is 1700. The molecule has 0 atom stereocenters. The highest BCUT2D eigenvalue weighted by atomic mass is 32.2. The number of hydrogen-bond donors (Lipinski definition) is 2. The van der Waals surface area contributed by atoms with Gasteiger partial charge in [-0.1, -0.05) is 6.07 Å². The number of nitrogens with one attached hydrogen (secondary N) is 2. The van der Waals surface area contributed by atoms with Gasteiger partial charge in [-0.3, -0.25) is 14.3 Å². The van der Waals surface area contributed by atoms with Crippen LogP contribution in [0.4, 0.5) is 10.1 Å². The highest BCUT2D eigenvalue weighted by molar-refractivity contribution is 7.92. The zero-order chi connectivity index (χ0) is 27.8. The van der Waals surface area contributed by atoms with Crippen molar-refractivity contribution in [3.63, 3.8) is 0 Å². The molecule has 10 heteroatoms. The van der Waals surface area contributed by atoms with E-state index in [0.717, 1.165) is 33.6 Å². The van der Waals surface area contributed by atoms with E-state index in [9.17, 15) is 22.4 Å². The molecule has 4 rings (SSSR count). The summed E-state index contributed by atoms with van der Waals surface area (Å²) in [7, 11) is -3.53. The minimum Gasteiger partial charge on any atom is -0.352 e. The van der Waals surface area contributed by atoms with E-state index in [2.05, 4.69) is 10.0 Å². The van der Waals surface area contributed by atoms with Crippen LogP contribution in [0.5, 0.6) is 0 Å². The molecule has 4 aromatic rings. The number of benzene rings is 2. The number of nitrogens with zero attached hydrogens (tertiary/aromatic N) is 1. The van der Waals surface area contributed by atoms with Gasteiger partial charge >= 0.3 is 0 Å². The summed E-state index contributed by atoms with van der Waals surface area (Å²) in [6.45, 7) is 9.25. The molecule has 0 radical (unpaired) electrons. The van der Waals surface area contributed by atoms with Crippen molar-refractivity contribution in [2.45, 2.75) is 41.0 Å². The number of thiophene rings is 1. The second kappa shape index (κ2) is 10.7. The van der Waals surface area contributed by atoms with Crippen LogP contribution in [0.2, 0.25) is 0 Å². The molecule has 0 aliphatic carbocycles. The zero-order valence-electron chi connectivity index (χ0n) is 21.9. The largest absolute Gasteiger partial charge is 0.352 e. The van der Waals surface area contributed by atoms with Gasteiger partial charge in [-0.15, -0.1) is 11.3 Å². The fourth-order valence-electron chi connectivity index (χ4n) is 4.45. The number of rotatable bonds is 8. The molecule has 7 nitrogen and oxygen atoms in total. The average molecular weight is 556 g/mol. The first-order chi connectivity index (χ1) is 17.9. The normalized spacial score (nSPS) is 11.6. The van der Waals surface area contributed by atoms with Crippen molar-refractivity contribution in [2.75, 3.05) is 17.0 Å². The Balaban J connectivity index is 1.98. The van der Waals surface area contributed by atoms with Gasteiger partial charge in [-0.2, -0.15) is 0 Å². The van der Waals surface area contributed by atoms with E-state index >= 15 is 0 Å². The number of carbonyl (C=O) groups excluding carboxylic acids is 1. The summed E-state index contributed by atoms with van der Waals surface area (Å²) in [6, 6.07) is 9.92. The Hall–Kier alpha value is -3.50. The summed E-state index contributed by atoms with van der Waals surface area (Å²) < 4.78 is 43.5. The first-order valence-electron chi connectivity index (χ1n) is 12.3. The first-order valence-corrected chi connectivity index (χ1v) is 14.7. The van der Waals surface area contributed by atoms with Gasteiger partial charge in [0.2, 0.25) is 15.5 Å². The molecule has 0 fully saturated rings. The lowest BCUT2D eigenvalue weighted by atomic mass is 9.94. The fraction of sp³-hybridized carbons (Fsp3) is 0.286. The summed E-state index contributed by atoms with van der Waals surface area (Å²) in [6.07, 6.45) is 2.16. The average Bonchev–Trinajstić information content (AvgIpc) is 3.30. The molecule has 2 heterocycles. The molecule has 2 aromatic carbocycles. The predicted octanol–water partition coefficient (Wildman–Crippen LogP) is 5.22. The van der Waals surface area contributed by atoms with Gasteiger partial charge in [0.05, 0.1) is 32.2 Å². The third-order valence-corrected chi connectivity index (χ3v) is 8.88. The smallest absolute Gasteiger partial charge is 0.261 e. The third kappa shape index (κ3) is 5.51. The summed E-state index contributed by atoms with van der Waals surface area (Å²) >= 11 is 1.13. The van der Waals surface area contributed by atoms with Gasteiger partial charge in [-0.05, 0) is 87.2 Å². The molecule has 0 bridgehead atoms. The zero-order valence-corrected chi connectivity index (χ0v) is 23.6. The van der Waals surface area contributed by atoms with Crippen LogP contribution in [-0.4, -0.2) is 31.2 Å². The number of fused-ring (bicyclic) bond motifs is 1. The highest BCUT2D eigenvalue weighted by Crippen LogP contribution is 2.31. The minimum absolute atomic E-state index is 0.0835. The lowest BCUT2D eigenvalue weighted by molar-refractivity contribution is 0.0960. The van der Waals surface area contributed by atoms with Crippen molar-refractivity contribution in [1.29, 1.82) is 0 Å². The van der Waals surface area contributed by atoms with Crippen LogP contribution in [-0.2, 0) is 16.4 Å². The molecule has 1 amide bonds. The molecule has 200 valence electrons. The number of aromatic nitrogens is 1. The van der Waals surface area contributed by atoms with E-state index in [-0.39, 0.29) is 22.9 Å².